The van der Waals surface area contributed by atoms with Crippen LogP contribution in [0.1, 0.15) is 46.0 Å². The van der Waals surface area contributed by atoms with E-state index < -0.39 is 5.92 Å². The van der Waals surface area contributed by atoms with Crippen LogP contribution in [0.2, 0.25) is 0 Å². The Bertz CT molecular complexity index is 369. The van der Waals surface area contributed by atoms with Gasteiger partial charge in [0.2, 0.25) is 0 Å². The first-order chi connectivity index (χ1) is 9.02. The van der Waals surface area contributed by atoms with E-state index in [9.17, 15) is 14.4 Å². The highest BCUT2D eigenvalue weighted by molar-refractivity contribution is 7.99. The minimum atomic E-state index is -0.905. The highest BCUT2D eigenvalue weighted by Gasteiger charge is 2.45. The van der Waals surface area contributed by atoms with Crippen LogP contribution in [0.5, 0.6) is 0 Å². The molecule has 2 aliphatic carbocycles. The zero-order valence-electron chi connectivity index (χ0n) is 11.7. The Hall–Kier alpha value is -0.640. The SMILES string of the molecule is CCC(C)SCC1CC(=O)C(C(=O)C2CC2)C(=O)C1. The molecule has 0 N–H and O–H groups in total. The third-order valence-electron chi connectivity index (χ3n) is 4.08. The largest absolute Gasteiger partial charge is 0.298 e. The summed E-state index contributed by atoms with van der Waals surface area (Å²) in [6, 6.07) is 0. The Morgan fingerprint density at radius 1 is 1.26 bits per heavy atom. The highest BCUT2D eigenvalue weighted by Crippen LogP contribution is 2.36. The van der Waals surface area contributed by atoms with E-state index >= 15 is 0 Å². The maximum atomic E-state index is 12.1. The van der Waals surface area contributed by atoms with E-state index in [1.807, 2.05) is 11.8 Å². The molecule has 2 fully saturated rings. The van der Waals surface area contributed by atoms with E-state index in [1.165, 1.54) is 0 Å². The van der Waals surface area contributed by atoms with Gasteiger partial charge in [-0.15, -0.1) is 0 Å². The summed E-state index contributed by atoms with van der Waals surface area (Å²) in [7, 11) is 0. The lowest BCUT2D eigenvalue weighted by Crippen LogP contribution is -2.40. The summed E-state index contributed by atoms with van der Waals surface area (Å²) in [5.41, 5.74) is 0. The van der Waals surface area contributed by atoms with Crippen molar-refractivity contribution in [3.8, 4) is 0 Å². The molecule has 2 aliphatic rings. The van der Waals surface area contributed by atoms with Crippen molar-refractivity contribution < 1.29 is 14.4 Å². The summed E-state index contributed by atoms with van der Waals surface area (Å²) >= 11 is 1.83. The van der Waals surface area contributed by atoms with Crippen molar-refractivity contribution in [3.05, 3.63) is 0 Å². The van der Waals surface area contributed by atoms with E-state index in [4.69, 9.17) is 0 Å². The molecule has 19 heavy (non-hydrogen) atoms. The van der Waals surface area contributed by atoms with Crippen LogP contribution in [0.4, 0.5) is 0 Å². The Morgan fingerprint density at radius 2 is 1.84 bits per heavy atom. The van der Waals surface area contributed by atoms with Gasteiger partial charge in [0.05, 0.1) is 0 Å². The molecule has 0 amide bonds. The van der Waals surface area contributed by atoms with Gasteiger partial charge in [0.15, 0.2) is 17.3 Å². The summed E-state index contributed by atoms with van der Waals surface area (Å²) in [4.78, 5) is 36.1. The summed E-state index contributed by atoms with van der Waals surface area (Å²) in [6.07, 6.45) is 3.66. The third kappa shape index (κ3) is 3.68. The van der Waals surface area contributed by atoms with Crippen LogP contribution >= 0.6 is 11.8 Å². The van der Waals surface area contributed by atoms with E-state index in [0.717, 1.165) is 25.0 Å². The molecule has 0 aromatic heterocycles. The molecule has 0 aromatic carbocycles. The Balaban J connectivity index is 1.89. The van der Waals surface area contributed by atoms with Gasteiger partial charge >= 0.3 is 0 Å². The molecular formula is C15H22O3S. The second-order valence-electron chi connectivity index (χ2n) is 5.87. The van der Waals surface area contributed by atoms with Gasteiger partial charge in [0, 0.05) is 24.0 Å². The van der Waals surface area contributed by atoms with Crippen molar-refractivity contribution in [2.24, 2.45) is 17.8 Å². The van der Waals surface area contributed by atoms with E-state index in [1.54, 1.807) is 0 Å². The van der Waals surface area contributed by atoms with Crippen molar-refractivity contribution in [1.82, 2.24) is 0 Å². The van der Waals surface area contributed by atoms with Crippen LogP contribution in [0.3, 0.4) is 0 Å². The van der Waals surface area contributed by atoms with E-state index in [2.05, 4.69) is 13.8 Å². The summed E-state index contributed by atoms with van der Waals surface area (Å²) in [5, 5.41) is 0.566. The molecule has 2 rings (SSSR count). The lowest BCUT2D eigenvalue weighted by Gasteiger charge is -2.26. The van der Waals surface area contributed by atoms with Gasteiger partial charge in [0.25, 0.3) is 0 Å². The molecule has 0 bridgehead atoms. The van der Waals surface area contributed by atoms with Crippen molar-refractivity contribution in [2.75, 3.05) is 5.75 Å². The fraction of sp³-hybridized carbons (Fsp3) is 0.800. The van der Waals surface area contributed by atoms with Crippen molar-refractivity contribution in [1.29, 1.82) is 0 Å². The summed E-state index contributed by atoms with van der Waals surface area (Å²) in [6.45, 7) is 4.30. The van der Waals surface area contributed by atoms with Crippen molar-refractivity contribution in [2.45, 2.75) is 51.2 Å². The number of thioether (sulfide) groups is 1. The van der Waals surface area contributed by atoms with Crippen LogP contribution in [0.15, 0.2) is 0 Å². The normalized spacial score (nSPS) is 29.4. The predicted molar refractivity (Wildman–Crippen MR) is 76.2 cm³/mol. The smallest absolute Gasteiger partial charge is 0.153 e. The zero-order valence-corrected chi connectivity index (χ0v) is 12.5. The van der Waals surface area contributed by atoms with Gasteiger partial charge < -0.3 is 0 Å². The van der Waals surface area contributed by atoms with Gasteiger partial charge in [-0.25, -0.2) is 0 Å². The Morgan fingerprint density at radius 3 is 2.32 bits per heavy atom. The summed E-state index contributed by atoms with van der Waals surface area (Å²) < 4.78 is 0. The second-order valence-corrected chi connectivity index (χ2v) is 7.34. The lowest BCUT2D eigenvalue weighted by molar-refractivity contribution is -0.143. The molecular weight excluding hydrogens is 260 g/mol. The molecule has 0 aromatic rings. The Labute approximate surface area is 118 Å². The van der Waals surface area contributed by atoms with Gasteiger partial charge in [0.1, 0.15) is 5.92 Å². The molecule has 0 aliphatic heterocycles. The number of Topliss-reactive ketones (excluding diaryl/α,β-unsaturated/α-hetero) is 3. The first-order valence-corrected chi connectivity index (χ1v) is 8.28. The molecule has 3 nitrogen and oxygen atoms in total. The summed E-state index contributed by atoms with van der Waals surface area (Å²) in [5.74, 6) is -0.242. The molecule has 0 spiro atoms. The molecule has 0 saturated heterocycles. The van der Waals surface area contributed by atoms with Crippen LogP contribution in [0.25, 0.3) is 0 Å². The first-order valence-electron chi connectivity index (χ1n) is 7.23. The lowest BCUT2D eigenvalue weighted by atomic mass is 9.77. The molecule has 4 heteroatoms. The molecule has 1 unspecified atom stereocenters. The Kier molecular flexibility index (Phi) is 4.82. The van der Waals surface area contributed by atoms with Gasteiger partial charge in [-0.2, -0.15) is 11.8 Å². The minimum absolute atomic E-state index is 0.00365. The van der Waals surface area contributed by atoms with Gasteiger partial charge in [-0.3, -0.25) is 14.4 Å². The first kappa shape index (κ1) is 14.8. The van der Waals surface area contributed by atoms with E-state index in [0.29, 0.717) is 18.1 Å². The van der Waals surface area contributed by atoms with Crippen molar-refractivity contribution >= 4 is 29.1 Å². The number of hydrogen-bond acceptors (Lipinski definition) is 4. The average molecular weight is 282 g/mol. The number of carbonyl (C=O) groups is 3. The van der Waals surface area contributed by atoms with Crippen LogP contribution in [0, 0.1) is 17.8 Å². The number of rotatable bonds is 6. The molecule has 0 radical (unpaired) electrons. The van der Waals surface area contributed by atoms with Gasteiger partial charge in [-0.1, -0.05) is 13.8 Å². The molecule has 2 saturated carbocycles. The fourth-order valence-corrected chi connectivity index (χ4v) is 3.59. The standard InChI is InChI=1S/C15H22O3S/c1-3-9(2)19-8-10-6-12(16)14(13(17)7-10)15(18)11-4-5-11/h9-11,14H,3-8H2,1-2H3. The monoisotopic (exact) mass is 282 g/mol. The van der Waals surface area contributed by atoms with E-state index in [-0.39, 0.29) is 29.2 Å². The topological polar surface area (TPSA) is 51.2 Å². The number of carbonyl (C=O) groups excluding carboxylic acids is 3. The minimum Gasteiger partial charge on any atom is -0.298 e. The molecule has 0 heterocycles. The maximum Gasteiger partial charge on any atom is 0.153 e. The fourth-order valence-electron chi connectivity index (χ4n) is 2.51. The van der Waals surface area contributed by atoms with Crippen LogP contribution < -0.4 is 0 Å². The molecule has 106 valence electrons. The second kappa shape index (κ2) is 6.21. The maximum absolute atomic E-state index is 12.1. The van der Waals surface area contributed by atoms with Crippen LogP contribution in [-0.2, 0) is 14.4 Å². The number of ketones is 3. The highest BCUT2D eigenvalue weighted by atomic mass is 32.2. The predicted octanol–water partition coefficient (Wildman–Crippen LogP) is 2.66. The molecule has 1 atom stereocenters. The number of hydrogen-bond donors (Lipinski definition) is 0. The average Bonchev–Trinajstić information content (AvgIpc) is 3.19. The zero-order chi connectivity index (χ0) is 14.0. The van der Waals surface area contributed by atoms with Gasteiger partial charge in [-0.05, 0) is 30.9 Å². The quantitative estimate of drug-likeness (QED) is 0.703. The van der Waals surface area contributed by atoms with Crippen LogP contribution in [-0.4, -0.2) is 28.4 Å². The van der Waals surface area contributed by atoms with Crippen molar-refractivity contribution in [3.63, 3.8) is 0 Å². The third-order valence-corrected chi connectivity index (χ3v) is 5.65.